The lowest BCUT2D eigenvalue weighted by Gasteiger charge is -2.00. The molecule has 0 N–H and O–H groups in total. The van der Waals surface area contributed by atoms with Crippen LogP contribution in [-0.4, -0.2) is 6.61 Å². The fourth-order valence-electron chi connectivity index (χ4n) is 0.571. The molecule has 11 heavy (non-hydrogen) atoms. The molecular formula is C10H14O. The van der Waals surface area contributed by atoms with Gasteiger partial charge in [-0.15, -0.1) is 0 Å². The van der Waals surface area contributed by atoms with E-state index in [1.54, 1.807) is 12.2 Å². The molecule has 0 atom stereocenters. The molecule has 60 valence electrons. The lowest BCUT2D eigenvalue weighted by molar-refractivity contribution is 0.243. The summed E-state index contributed by atoms with van der Waals surface area (Å²) in [7, 11) is 0. The van der Waals surface area contributed by atoms with Crippen molar-refractivity contribution in [2.45, 2.75) is 6.92 Å². The highest BCUT2D eigenvalue weighted by Gasteiger charge is 1.84. The molecule has 0 fully saturated rings. The third-order valence-corrected chi connectivity index (χ3v) is 1.02. The number of ether oxygens (including phenoxy) is 1. The molecule has 1 heteroatoms. The zero-order valence-electron chi connectivity index (χ0n) is 6.92. The van der Waals surface area contributed by atoms with E-state index in [0.29, 0.717) is 6.61 Å². The highest BCUT2D eigenvalue weighted by Crippen LogP contribution is 1.97. The molecule has 0 unspecified atom stereocenters. The van der Waals surface area contributed by atoms with Crippen molar-refractivity contribution in [3.63, 3.8) is 0 Å². The van der Waals surface area contributed by atoms with Crippen LogP contribution in [0, 0.1) is 0 Å². The van der Waals surface area contributed by atoms with Crippen LogP contribution in [0.4, 0.5) is 0 Å². The van der Waals surface area contributed by atoms with Gasteiger partial charge >= 0.3 is 0 Å². The zero-order valence-corrected chi connectivity index (χ0v) is 6.92. The smallest absolute Gasteiger partial charge is 0.118 e. The molecule has 0 saturated carbocycles. The van der Waals surface area contributed by atoms with Crippen molar-refractivity contribution in [3.05, 3.63) is 49.3 Å². The van der Waals surface area contributed by atoms with E-state index in [4.69, 9.17) is 4.74 Å². The van der Waals surface area contributed by atoms with Crippen molar-refractivity contribution in [2.24, 2.45) is 0 Å². The topological polar surface area (TPSA) is 9.23 Å². The SMILES string of the molecule is C=C/C=C\C=C(/C=C)OCC. The molecule has 0 bridgehead atoms. The molecular weight excluding hydrogens is 136 g/mol. The van der Waals surface area contributed by atoms with E-state index in [2.05, 4.69) is 13.2 Å². The Balaban J connectivity index is 3.99. The van der Waals surface area contributed by atoms with E-state index in [1.165, 1.54) is 0 Å². The van der Waals surface area contributed by atoms with Crippen LogP contribution in [0.25, 0.3) is 0 Å². The zero-order chi connectivity index (χ0) is 8.53. The Bertz CT molecular complexity index is 175. The highest BCUT2D eigenvalue weighted by molar-refractivity contribution is 5.18. The molecule has 0 aromatic carbocycles. The van der Waals surface area contributed by atoms with Gasteiger partial charge in [0.25, 0.3) is 0 Å². The molecule has 0 spiro atoms. The first-order valence-corrected chi connectivity index (χ1v) is 3.59. The van der Waals surface area contributed by atoms with Gasteiger partial charge in [-0.25, -0.2) is 0 Å². The van der Waals surface area contributed by atoms with Gasteiger partial charge in [-0.05, 0) is 19.1 Å². The summed E-state index contributed by atoms with van der Waals surface area (Å²) in [5.74, 6) is 0.783. The predicted molar refractivity (Wildman–Crippen MR) is 49.2 cm³/mol. The van der Waals surface area contributed by atoms with Gasteiger partial charge in [-0.3, -0.25) is 0 Å². The average molecular weight is 150 g/mol. The van der Waals surface area contributed by atoms with Gasteiger partial charge < -0.3 is 4.74 Å². The Morgan fingerprint density at radius 1 is 1.36 bits per heavy atom. The number of hydrogen-bond acceptors (Lipinski definition) is 1. The Kier molecular flexibility index (Phi) is 6.10. The predicted octanol–water partition coefficient (Wildman–Crippen LogP) is 2.84. The molecule has 0 aromatic heterocycles. The fraction of sp³-hybridized carbons (Fsp3) is 0.200. The van der Waals surface area contributed by atoms with Crippen LogP contribution in [0.3, 0.4) is 0 Å². The molecule has 0 heterocycles. The number of hydrogen-bond donors (Lipinski definition) is 0. The molecule has 0 aliphatic carbocycles. The third kappa shape index (κ3) is 5.22. The maximum Gasteiger partial charge on any atom is 0.118 e. The van der Waals surface area contributed by atoms with E-state index in [0.717, 1.165) is 5.76 Å². The first-order valence-electron chi connectivity index (χ1n) is 3.59. The molecule has 0 aliphatic rings. The first kappa shape index (κ1) is 9.76. The number of allylic oxidation sites excluding steroid dienone is 5. The number of rotatable bonds is 5. The Morgan fingerprint density at radius 2 is 2.09 bits per heavy atom. The van der Waals surface area contributed by atoms with Crippen LogP contribution in [0.1, 0.15) is 6.92 Å². The Morgan fingerprint density at radius 3 is 2.55 bits per heavy atom. The lowest BCUT2D eigenvalue weighted by atomic mass is 10.4. The monoisotopic (exact) mass is 150 g/mol. The van der Waals surface area contributed by atoms with Crippen molar-refractivity contribution in [1.82, 2.24) is 0 Å². The second-order valence-corrected chi connectivity index (χ2v) is 1.83. The van der Waals surface area contributed by atoms with Crippen molar-refractivity contribution < 1.29 is 4.74 Å². The summed E-state index contributed by atoms with van der Waals surface area (Å²) in [6.45, 7) is 9.76. The summed E-state index contributed by atoms with van der Waals surface area (Å²) >= 11 is 0. The van der Waals surface area contributed by atoms with Gasteiger partial charge in [0, 0.05) is 0 Å². The maximum absolute atomic E-state index is 5.20. The minimum absolute atomic E-state index is 0.666. The van der Waals surface area contributed by atoms with Crippen molar-refractivity contribution in [3.8, 4) is 0 Å². The molecule has 0 aliphatic heterocycles. The average Bonchev–Trinajstić information content (AvgIpc) is 2.03. The van der Waals surface area contributed by atoms with Crippen molar-refractivity contribution >= 4 is 0 Å². The summed E-state index contributed by atoms with van der Waals surface area (Å²) in [6.07, 6.45) is 8.93. The Labute approximate surface area is 68.4 Å². The standard InChI is InChI=1S/C10H14O/c1-4-7-8-9-10(5-2)11-6-3/h4-5,7-9H,1-2,6H2,3H3/b8-7-,10-9+. The molecule has 0 saturated heterocycles. The minimum atomic E-state index is 0.666. The van der Waals surface area contributed by atoms with Crippen LogP contribution >= 0.6 is 0 Å². The largest absolute Gasteiger partial charge is 0.494 e. The van der Waals surface area contributed by atoms with Crippen LogP contribution in [0.15, 0.2) is 49.3 Å². The van der Waals surface area contributed by atoms with Gasteiger partial charge in [0.15, 0.2) is 0 Å². The maximum atomic E-state index is 5.20. The normalized spacial score (nSPS) is 11.5. The summed E-state index contributed by atoms with van der Waals surface area (Å²) in [5.41, 5.74) is 0. The lowest BCUT2D eigenvalue weighted by Crippen LogP contribution is -1.85. The van der Waals surface area contributed by atoms with Crippen LogP contribution in [0.2, 0.25) is 0 Å². The van der Waals surface area contributed by atoms with Gasteiger partial charge in [0.05, 0.1) is 6.61 Å². The van der Waals surface area contributed by atoms with Gasteiger partial charge in [-0.2, -0.15) is 0 Å². The van der Waals surface area contributed by atoms with E-state index >= 15 is 0 Å². The summed E-state index contributed by atoms with van der Waals surface area (Å²) in [6, 6.07) is 0. The third-order valence-electron chi connectivity index (χ3n) is 1.02. The van der Waals surface area contributed by atoms with Gasteiger partial charge in [0.1, 0.15) is 5.76 Å². The minimum Gasteiger partial charge on any atom is -0.494 e. The van der Waals surface area contributed by atoms with E-state index in [9.17, 15) is 0 Å². The molecule has 0 aromatic rings. The quantitative estimate of drug-likeness (QED) is 0.432. The van der Waals surface area contributed by atoms with Gasteiger partial charge in [-0.1, -0.05) is 31.4 Å². The second-order valence-electron chi connectivity index (χ2n) is 1.83. The molecule has 0 rings (SSSR count). The second kappa shape index (κ2) is 6.87. The van der Waals surface area contributed by atoms with Crippen LogP contribution in [-0.2, 0) is 4.74 Å². The van der Waals surface area contributed by atoms with Crippen LogP contribution < -0.4 is 0 Å². The highest BCUT2D eigenvalue weighted by atomic mass is 16.5. The first-order chi connectivity index (χ1) is 5.35. The van der Waals surface area contributed by atoms with E-state index in [1.807, 2.05) is 25.2 Å². The van der Waals surface area contributed by atoms with E-state index < -0.39 is 0 Å². The molecule has 0 amide bonds. The van der Waals surface area contributed by atoms with E-state index in [-0.39, 0.29) is 0 Å². The Hall–Kier alpha value is -1.24. The fourth-order valence-corrected chi connectivity index (χ4v) is 0.571. The summed E-state index contributed by atoms with van der Waals surface area (Å²) < 4.78 is 5.20. The molecule has 1 nitrogen and oxygen atoms in total. The summed E-state index contributed by atoms with van der Waals surface area (Å²) in [5, 5.41) is 0. The summed E-state index contributed by atoms with van der Waals surface area (Å²) in [4.78, 5) is 0. The van der Waals surface area contributed by atoms with Gasteiger partial charge in [0.2, 0.25) is 0 Å². The van der Waals surface area contributed by atoms with Crippen LogP contribution in [0.5, 0.6) is 0 Å². The molecule has 0 radical (unpaired) electrons. The van der Waals surface area contributed by atoms with Crippen molar-refractivity contribution in [2.75, 3.05) is 6.61 Å². The van der Waals surface area contributed by atoms with Crippen molar-refractivity contribution in [1.29, 1.82) is 0 Å².